The van der Waals surface area contributed by atoms with E-state index in [4.69, 9.17) is 16.3 Å². The number of likely N-dealkylation sites (N-methyl/N-ethyl adjacent to an activating group) is 1. The summed E-state index contributed by atoms with van der Waals surface area (Å²) >= 11 is 6.05. The molecule has 0 aliphatic carbocycles. The summed E-state index contributed by atoms with van der Waals surface area (Å²) in [5.74, 6) is 0. The Hall–Kier alpha value is -0.870. The van der Waals surface area contributed by atoms with Crippen molar-refractivity contribution in [3.63, 3.8) is 0 Å². The molecule has 1 aromatic rings. The van der Waals surface area contributed by atoms with E-state index in [0.29, 0.717) is 17.1 Å². The average Bonchev–Trinajstić information content (AvgIpc) is 2.31. The first-order valence-corrected chi connectivity index (χ1v) is 5.81. The molecule has 1 aromatic heterocycles. The van der Waals surface area contributed by atoms with Crippen LogP contribution in [0.1, 0.15) is 25.5 Å². The van der Waals surface area contributed by atoms with Gasteiger partial charge in [-0.2, -0.15) is 4.98 Å². The Morgan fingerprint density at radius 3 is 2.88 bits per heavy atom. The van der Waals surface area contributed by atoms with Gasteiger partial charge < -0.3 is 10.1 Å². The smallest absolute Gasteiger partial charge is 0.316 e. The predicted molar refractivity (Wildman–Crippen MR) is 65.1 cm³/mol. The zero-order valence-corrected chi connectivity index (χ0v) is 10.7. The highest BCUT2D eigenvalue weighted by Crippen LogP contribution is 2.17. The Kier molecular flexibility index (Phi) is 5.49. The van der Waals surface area contributed by atoms with Gasteiger partial charge >= 0.3 is 6.01 Å². The van der Waals surface area contributed by atoms with E-state index >= 15 is 0 Å². The third-order valence-corrected chi connectivity index (χ3v) is 2.78. The van der Waals surface area contributed by atoms with Crippen molar-refractivity contribution in [1.82, 2.24) is 15.3 Å². The molecule has 90 valence electrons. The molecule has 1 heterocycles. The summed E-state index contributed by atoms with van der Waals surface area (Å²) < 4.78 is 4.98. The quantitative estimate of drug-likeness (QED) is 0.831. The third-order valence-electron chi connectivity index (χ3n) is 2.46. The lowest BCUT2D eigenvalue weighted by atomic mass is 10.1. The zero-order chi connectivity index (χ0) is 12.0. The normalized spacial score (nSPS) is 12.5. The van der Waals surface area contributed by atoms with Gasteiger partial charge in [-0.3, -0.25) is 0 Å². The molecule has 0 saturated heterocycles. The molecule has 1 atom stereocenters. The maximum atomic E-state index is 6.05. The van der Waals surface area contributed by atoms with Crippen LogP contribution in [0.4, 0.5) is 0 Å². The number of aromatic nitrogens is 2. The van der Waals surface area contributed by atoms with Crippen molar-refractivity contribution in [3.8, 4) is 6.01 Å². The van der Waals surface area contributed by atoms with Gasteiger partial charge in [-0.25, -0.2) is 4.98 Å². The maximum absolute atomic E-state index is 6.05. The number of hydrogen-bond acceptors (Lipinski definition) is 4. The molecule has 0 saturated carbocycles. The van der Waals surface area contributed by atoms with E-state index < -0.39 is 0 Å². The number of halogens is 1. The molecule has 0 fully saturated rings. The van der Waals surface area contributed by atoms with Crippen LogP contribution >= 0.6 is 11.6 Å². The fourth-order valence-electron chi connectivity index (χ4n) is 1.56. The molecule has 0 aliphatic rings. The summed E-state index contributed by atoms with van der Waals surface area (Å²) in [6.07, 6.45) is 4.61. The van der Waals surface area contributed by atoms with Crippen molar-refractivity contribution < 1.29 is 4.74 Å². The molecule has 0 amide bonds. The van der Waals surface area contributed by atoms with Gasteiger partial charge in [0.1, 0.15) is 0 Å². The Balaban J connectivity index is 2.77. The monoisotopic (exact) mass is 243 g/mol. The first kappa shape index (κ1) is 13.2. The Morgan fingerprint density at radius 2 is 2.31 bits per heavy atom. The van der Waals surface area contributed by atoms with Crippen LogP contribution in [0.2, 0.25) is 5.02 Å². The number of rotatable bonds is 6. The predicted octanol–water partition coefficient (Wildman–Crippen LogP) is 2.07. The van der Waals surface area contributed by atoms with E-state index in [9.17, 15) is 0 Å². The largest absolute Gasteiger partial charge is 0.467 e. The summed E-state index contributed by atoms with van der Waals surface area (Å²) in [5.41, 5.74) is 0.835. The molecule has 1 unspecified atom stereocenters. The summed E-state index contributed by atoms with van der Waals surface area (Å²) in [7, 11) is 3.50. The number of hydrogen-bond donors (Lipinski definition) is 1. The molecule has 16 heavy (non-hydrogen) atoms. The van der Waals surface area contributed by atoms with Crippen LogP contribution in [0.5, 0.6) is 6.01 Å². The Bertz CT molecular complexity index is 333. The van der Waals surface area contributed by atoms with Crippen molar-refractivity contribution in [1.29, 1.82) is 0 Å². The van der Waals surface area contributed by atoms with Crippen LogP contribution in [-0.4, -0.2) is 30.2 Å². The second-order valence-electron chi connectivity index (χ2n) is 3.63. The van der Waals surface area contributed by atoms with Gasteiger partial charge in [-0.05, 0) is 13.5 Å². The van der Waals surface area contributed by atoms with Gasteiger partial charge in [0.05, 0.1) is 24.0 Å². The lowest BCUT2D eigenvalue weighted by molar-refractivity contribution is 0.376. The molecule has 1 rings (SSSR count). The second kappa shape index (κ2) is 6.66. The SMILES string of the molecule is CCCC(Cc1nc(OC)ncc1Cl)NC. The Morgan fingerprint density at radius 1 is 1.56 bits per heavy atom. The first-order valence-electron chi connectivity index (χ1n) is 5.43. The molecule has 0 spiro atoms. The van der Waals surface area contributed by atoms with Gasteiger partial charge in [0.2, 0.25) is 0 Å². The van der Waals surface area contributed by atoms with Gasteiger partial charge in [0.15, 0.2) is 0 Å². The average molecular weight is 244 g/mol. The van der Waals surface area contributed by atoms with E-state index in [2.05, 4.69) is 22.2 Å². The summed E-state index contributed by atoms with van der Waals surface area (Å²) in [6, 6.07) is 0.757. The first-order chi connectivity index (χ1) is 7.71. The fourth-order valence-corrected chi connectivity index (χ4v) is 1.72. The van der Waals surface area contributed by atoms with Crippen LogP contribution in [0, 0.1) is 0 Å². The van der Waals surface area contributed by atoms with E-state index in [1.54, 1.807) is 13.3 Å². The van der Waals surface area contributed by atoms with Crippen LogP contribution in [0.3, 0.4) is 0 Å². The second-order valence-corrected chi connectivity index (χ2v) is 4.04. The van der Waals surface area contributed by atoms with Crippen molar-refractivity contribution in [2.45, 2.75) is 32.2 Å². The minimum atomic E-state index is 0.366. The molecule has 0 radical (unpaired) electrons. The molecule has 4 nitrogen and oxygen atoms in total. The van der Waals surface area contributed by atoms with Crippen molar-refractivity contribution >= 4 is 11.6 Å². The standard InChI is InChI=1S/C11H18ClN3O/c1-4-5-8(13-2)6-10-9(12)7-14-11(15-10)16-3/h7-8,13H,4-6H2,1-3H3. The molecule has 0 aliphatic heterocycles. The summed E-state index contributed by atoms with van der Waals surface area (Å²) in [5, 5.41) is 3.85. The highest BCUT2D eigenvalue weighted by atomic mass is 35.5. The Labute approximate surface area is 101 Å². The van der Waals surface area contributed by atoms with E-state index in [1.807, 2.05) is 7.05 Å². The lowest BCUT2D eigenvalue weighted by Gasteiger charge is -2.15. The number of nitrogens with zero attached hydrogens (tertiary/aromatic N) is 2. The van der Waals surface area contributed by atoms with Crippen molar-refractivity contribution in [2.24, 2.45) is 0 Å². The molecule has 1 N–H and O–H groups in total. The van der Waals surface area contributed by atoms with Crippen LogP contribution in [0.15, 0.2) is 6.20 Å². The number of nitrogens with one attached hydrogen (secondary N) is 1. The maximum Gasteiger partial charge on any atom is 0.316 e. The van der Waals surface area contributed by atoms with Crippen LogP contribution in [-0.2, 0) is 6.42 Å². The minimum Gasteiger partial charge on any atom is -0.467 e. The van der Waals surface area contributed by atoms with Gasteiger partial charge in [-0.15, -0.1) is 0 Å². The minimum absolute atomic E-state index is 0.366. The summed E-state index contributed by atoms with van der Waals surface area (Å²) in [6.45, 7) is 2.16. The highest BCUT2D eigenvalue weighted by molar-refractivity contribution is 6.31. The lowest BCUT2D eigenvalue weighted by Crippen LogP contribution is -2.27. The van der Waals surface area contributed by atoms with Crippen LogP contribution in [0.25, 0.3) is 0 Å². The van der Waals surface area contributed by atoms with Gasteiger partial charge in [0, 0.05) is 12.5 Å². The highest BCUT2D eigenvalue weighted by Gasteiger charge is 2.11. The van der Waals surface area contributed by atoms with Gasteiger partial charge in [-0.1, -0.05) is 24.9 Å². The molecule has 5 heteroatoms. The number of methoxy groups -OCH3 is 1. The van der Waals surface area contributed by atoms with Gasteiger partial charge in [0.25, 0.3) is 0 Å². The van der Waals surface area contributed by atoms with E-state index in [1.165, 1.54) is 0 Å². The zero-order valence-electron chi connectivity index (χ0n) is 9.96. The van der Waals surface area contributed by atoms with Crippen molar-refractivity contribution in [2.75, 3.05) is 14.2 Å². The topological polar surface area (TPSA) is 47.0 Å². The third kappa shape index (κ3) is 3.61. The van der Waals surface area contributed by atoms with Crippen LogP contribution < -0.4 is 10.1 Å². The summed E-state index contributed by atoms with van der Waals surface area (Å²) in [4.78, 5) is 8.21. The van der Waals surface area contributed by atoms with E-state index in [-0.39, 0.29) is 0 Å². The molecule has 0 aromatic carbocycles. The number of ether oxygens (including phenoxy) is 1. The fraction of sp³-hybridized carbons (Fsp3) is 0.636. The molecular weight excluding hydrogens is 226 g/mol. The van der Waals surface area contributed by atoms with Crippen molar-refractivity contribution in [3.05, 3.63) is 16.9 Å². The molecular formula is C11H18ClN3O. The van der Waals surface area contributed by atoms with E-state index in [0.717, 1.165) is 25.0 Å². The molecule has 0 bridgehead atoms.